The lowest BCUT2D eigenvalue weighted by Gasteiger charge is -2.33. The molecule has 0 saturated heterocycles. The van der Waals surface area contributed by atoms with Crippen molar-refractivity contribution in [2.75, 3.05) is 6.54 Å². The van der Waals surface area contributed by atoms with Gasteiger partial charge in [-0.15, -0.1) is 12.3 Å². The van der Waals surface area contributed by atoms with Gasteiger partial charge in [0.05, 0.1) is 11.0 Å². The Labute approximate surface area is 162 Å². The van der Waals surface area contributed by atoms with Crippen LogP contribution in [0, 0.1) is 22.5 Å². The third kappa shape index (κ3) is 2.76. The molecular formula is C20H17N3O4S. The number of H-pyrrole nitrogens is 1. The summed E-state index contributed by atoms with van der Waals surface area (Å²) < 4.78 is 28.0. The maximum absolute atomic E-state index is 13.4. The molecule has 28 heavy (non-hydrogen) atoms. The van der Waals surface area contributed by atoms with E-state index in [1.807, 2.05) is 24.3 Å². The molecule has 8 heteroatoms. The van der Waals surface area contributed by atoms with E-state index in [0.717, 1.165) is 22.2 Å². The topological polar surface area (TPSA) is 96.3 Å². The maximum atomic E-state index is 13.4. The van der Waals surface area contributed by atoms with Gasteiger partial charge in [-0.1, -0.05) is 30.3 Å². The summed E-state index contributed by atoms with van der Waals surface area (Å²) in [5, 5.41) is 12.4. The van der Waals surface area contributed by atoms with Crippen LogP contribution in [0.4, 0.5) is 5.69 Å². The number of benzene rings is 2. The van der Waals surface area contributed by atoms with Crippen LogP contribution < -0.4 is 0 Å². The van der Waals surface area contributed by atoms with Gasteiger partial charge >= 0.3 is 0 Å². The highest BCUT2D eigenvalue weighted by Gasteiger charge is 2.40. The van der Waals surface area contributed by atoms with Crippen LogP contribution in [-0.4, -0.2) is 29.2 Å². The van der Waals surface area contributed by atoms with Crippen molar-refractivity contribution in [3.63, 3.8) is 0 Å². The first-order chi connectivity index (χ1) is 13.4. The van der Waals surface area contributed by atoms with E-state index in [2.05, 4.69) is 10.9 Å². The summed E-state index contributed by atoms with van der Waals surface area (Å²) in [5.74, 6) is 2.55. The Hall–Kier alpha value is -3.15. The molecule has 2 aromatic carbocycles. The van der Waals surface area contributed by atoms with Crippen molar-refractivity contribution < 1.29 is 13.3 Å². The highest BCUT2D eigenvalue weighted by atomic mass is 32.2. The summed E-state index contributed by atoms with van der Waals surface area (Å²) >= 11 is 0. The molecule has 4 rings (SSSR count). The van der Waals surface area contributed by atoms with Crippen molar-refractivity contribution in [1.82, 2.24) is 9.29 Å². The molecule has 1 aromatic heterocycles. The van der Waals surface area contributed by atoms with Crippen LogP contribution in [-0.2, 0) is 16.4 Å². The first kappa shape index (κ1) is 18.2. The van der Waals surface area contributed by atoms with Gasteiger partial charge in [0.1, 0.15) is 0 Å². The van der Waals surface area contributed by atoms with E-state index >= 15 is 0 Å². The number of fused-ring (bicyclic) bond motifs is 3. The number of hydrogen-bond donors (Lipinski definition) is 1. The van der Waals surface area contributed by atoms with Gasteiger partial charge in [0, 0.05) is 35.6 Å². The van der Waals surface area contributed by atoms with E-state index in [1.54, 1.807) is 0 Å². The highest BCUT2D eigenvalue weighted by Crippen LogP contribution is 2.40. The highest BCUT2D eigenvalue weighted by molar-refractivity contribution is 7.89. The molecule has 7 nitrogen and oxygen atoms in total. The molecule has 1 N–H and O–H groups in total. The Morgan fingerprint density at radius 2 is 1.93 bits per heavy atom. The summed E-state index contributed by atoms with van der Waals surface area (Å²) in [4.78, 5) is 13.7. The summed E-state index contributed by atoms with van der Waals surface area (Å²) in [6, 6.07) is 12.5. The minimum Gasteiger partial charge on any atom is -0.357 e. The maximum Gasteiger partial charge on any atom is 0.289 e. The van der Waals surface area contributed by atoms with Crippen molar-refractivity contribution in [2.45, 2.75) is 23.8 Å². The van der Waals surface area contributed by atoms with Crippen molar-refractivity contribution in [3.05, 3.63) is 69.9 Å². The van der Waals surface area contributed by atoms with Gasteiger partial charge in [0.25, 0.3) is 15.7 Å². The molecule has 1 aliphatic heterocycles. The fraction of sp³-hybridized carbons (Fsp3) is 0.200. The zero-order chi connectivity index (χ0) is 19.9. The number of aromatic nitrogens is 1. The van der Waals surface area contributed by atoms with E-state index in [-0.39, 0.29) is 17.9 Å². The van der Waals surface area contributed by atoms with Gasteiger partial charge in [-0.05, 0) is 24.1 Å². The zero-order valence-corrected chi connectivity index (χ0v) is 15.6. The van der Waals surface area contributed by atoms with Gasteiger partial charge in [0.15, 0.2) is 4.90 Å². The average molecular weight is 395 g/mol. The number of para-hydroxylation sites is 2. The SMILES string of the molecule is C#CC[C@H]1c2[nH]c3ccccc3c2CCN1S(=O)(=O)c1ccccc1[N+](=O)[O-]. The Balaban J connectivity index is 1.86. The molecule has 1 atom stereocenters. The van der Waals surface area contributed by atoms with Gasteiger partial charge in [-0.25, -0.2) is 8.42 Å². The summed E-state index contributed by atoms with van der Waals surface area (Å²) in [5.41, 5.74) is 2.28. The molecule has 0 saturated carbocycles. The second-order valence-electron chi connectivity index (χ2n) is 6.58. The van der Waals surface area contributed by atoms with Crippen molar-refractivity contribution in [2.24, 2.45) is 0 Å². The second-order valence-corrected chi connectivity index (χ2v) is 8.44. The van der Waals surface area contributed by atoms with Crippen LogP contribution in [0.5, 0.6) is 0 Å². The zero-order valence-electron chi connectivity index (χ0n) is 14.8. The Morgan fingerprint density at radius 3 is 2.68 bits per heavy atom. The molecule has 0 aliphatic carbocycles. The van der Waals surface area contributed by atoms with E-state index in [9.17, 15) is 18.5 Å². The van der Waals surface area contributed by atoms with Crippen LogP contribution in [0.1, 0.15) is 23.7 Å². The predicted molar refractivity (Wildman–Crippen MR) is 105 cm³/mol. The number of aromatic amines is 1. The van der Waals surface area contributed by atoms with Gasteiger partial charge < -0.3 is 4.98 Å². The number of nitrogens with zero attached hydrogens (tertiary/aromatic N) is 2. The lowest BCUT2D eigenvalue weighted by Crippen LogP contribution is -2.40. The average Bonchev–Trinajstić information content (AvgIpc) is 3.07. The molecule has 0 amide bonds. The lowest BCUT2D eigenvalue weighted by atomic mass is 9.97. The Bertz CT molecular complexity index is 1220. The number of nitrogens with one attached hydrogen (secondary N) is 1. The molecule has 142 valence electrons. The molecule has 0 spiro atoms. The number of nitro benzene ring substituents is 1. The van der Waals surface area contributed by atoms with Gasteiger partial charge in [-0.2, -0.15) is 4.31 Å². The summed E-state index contributed by atoms with van der Waals surface area (Å²) in [6.07, 6.45) is 6.21. The summed E-state index contributed by atoms with van der Waals surface area (Å²) in [6.45, 7) is 0.204. The Morgan fingerprint density at radius 1 is 1.21 bits per heavy atom. The third-order valence-corrected chi connectivity index (χ3v) is 7.03. The molecule has 0 radical (unpaired) electrons. The van der Waals surface area contributed by atoms with Gasteiger partial charge in [-0.3, -0.25) is 10.1 Å². The molecule has 0 fully saturated rings. The van der Waals surface area contributed by atoms with E-state index < -0.39 is 26.7 Å². The van der Waals surface area contributed by atoms with Crippen LogP contribution >= 0.6 is 0 Å². The second kappa shape index (κ2) is 6.78. The first-order valence-electron chi connectivity index (χ1n) is 8.73. The molecule has 1 aliphatic rings. The standard InChI is InChI=1S/C20H17N3O4S/c1-2-7-18-20-15(14-8-3-4-9-16(14)21-20)12-13-22(18)28(26,27)19-11-6-5-10-17(19)23(24)25/h1,3-6,8-11,18,21H,7,12-13H2/t18-/m0/s1. The van der Waals surface area contributed by atoms with Crippen molar-refractivity contribution >= 4 is 26.6 Å². The minimum absolute atomic E-state index is 0.166. The monoisotopic (exact) mass is 395 g/mol. The predicted octanol–water partition coefficient (Wildman–Crippen LogP) is 3.39. The van der Waals surface area contributed by atoms with Gasteiger partial charge in [0.2, 0.25) is 0 Å². The molecule has 0 bridgehead atoms. The smallest absolute Gasteiger partial charge is 0.289 e. The fourth-order valence-electron chi connectivity index (χ4n) is 3.85. The number of sulfonamides is 1. The normalized spacial score (nSPS) is 17.2. The number of terminal acetylenes is 1. The molecule has 3 aromatic rings. The van der Waals surface area contributed by atoms with E-state index in [1.165, 1.54) is 28.6 Å². The molecular weight excluding hydrogens is 378 g/mol. The molecule has 0 unspecified atom stereocenters. The lowest BCUT2D eigenvalue weighted by molar-refractivity contribution is -0.387. The molecule has 2 heterocycles. The largest absolute Gasteiger partial charge is 0.357 e. The quantitative estimate of drug-likeness (QED) is 0.416. The first-order valence-corrected chi connectivity index (χ1v) is 10.2. The number of rotatable bonds is 4. The summed E-state index contributed by atoms with van der Waals surface area (Å²) in [7, 11) is -4.11. The van der Waals surface area contributed by atoms with E-state index in [0.29, 0.717) is 6.42 Å². The fourth-order valence-corrected chi connectivity index (χ4v) is 5.61. The van der Waals surface area contributed by atoms with Crippen LogP contribution in [0.25, 0.3) is 10.9 Å². The van der Waals surface area contributed by atoms with Crippen molar-refractivity contribution in [1.29, 1.82) is 0 Å². The van der Waals surface area contributed by atoms with Crippen LogP contribution in [0.3, 0.4) is 0 Å². The Kier molecular flexibility index (Phi) is 4.41. The van der Waals surface area contributed by atoms with E-state index in [4.69, 9.17) is 6.42 Å². The van der Waals surface area contributed by atoms with Crippen LogP contribution in [0.15, 0.2) is 53.4 Å². The van der Waals surface area contributed by atoms with Crippen molar-refractivity contribution in [3.8, 4) is 12.3 Å². The number of nitro groups is 1. The number of hydrogen-bond acceptors (Lipinski definition) is 4. The van der Waals surface area contributed by atoms with Crippen LogP contribution in [0.2, 0.25) is 0 Å². The third-order valence-electron chi connectivity index (χ3n) is 5.07. The minimum atomic E-state index is -4.11.